The summed E-state index contributed by atoms with van der Waals surface area (Å²) in [5.41, 5.74) is 3.13. The van der Waals surface area contributed by atoms with Crippen LogP contribution in [0.5, 0.6) is 11.5 Å². The van der Waals surface area contributed by atoms with Gasteiger partial charge in [-0.1, -0.05) is 48.9 Å². The number of aromatic nitrogens is 2. The van der Waals surface area contributed by atoms with E-state index in [9.17, 15) is 0 Å². The summed E-state index contributed by atoms with van der Waals surface area (Å²) in [7, 11) is 0. The standard InChI is InChI=1S/C26H27ClN2O2/c1-3-25(31-20-10-5-4-6-11-20)26-28-23-12-7-8-13-24(23)29(26)16-9-17-30-21-14-15-22(27)19(2)18-21/h4-8,10-15,18,25H,3,9,16-17H2,1-2H3. The minimum Gasteiger partial charge on any atom is -0.494 e. The van der Waals surface area contributed by atoms with Gasteiger partial charge in [0.1, 0.15) is 11.5 Å². The molecule has 4 rings (SSSR count). The van der Waals surface area contributed by atoms with Gasteiger partial charge in [0.05, 0.1) is 17.6 Å². The van der Waals surface area contributed by atoms with Crippen molar-refractivity contribution in [2.45, 2.75) is 39.3 Å². The lowest BCUT2D eigenvalue weighted by molar-refractivity contribution is 0.185. The molecule has 0 spiro atoms. The topological polar surface area (TPSA) is 36.3 Å². The van der Waals surface area contributed by atoms with E-state index in [0.717, 1.165) is 58.3 Å². The summed E-state index contributed by atoms with van der Waals surface area (Å²) in [5, 5.41) is 0.755. The van der Waals surface area contributed by atoms with Crippen molar-refractivity contribution < 1.29 is 9.47 Å². The number of halogens is 1. The van der Waals surface area contributed by atoms with Crippen molar-refractivity contribution in [2.24, 2.45) is 0 Å². The number of hydrogen-bond donors (Lipinski definition) is 0. The van der Waals surface area contributed by atoms with Crippen molar-refractivity contribution in [3.63, 3.8) is 0 Å². The summed E-state index contributed by atoms with van der Waals surface area (Å²) < 4.78 is 14.5. The lowest BCUT2D eigenvalue weighted by Gasteiger charge is -2.19. The molecule has 0 aliphatic rings. The quantitative estimate of drug-likeness (QED) is 0.266. The Morgan fingerprint density at radius 1 is 0.968 bits per heavy atom. The highest BCUT2D eigenvalue weighted by Crippen LogP contribution is 2.28. The van der Waals surface area contributed by atoms with Gasteiger partial charge in [0, 0.05) is 11.6 Å². The van der Waals surface area contributed by atoms with Gasteiger partial charge in [-0.05, 0) is 67.8 Å². The van der Waals surface area contributed by atoms with Gasteiger partial charge in [0.2, 0.25) is 0 Å². The van der Waals surface area contributed by atoms with E-state index in [1.807, 2.05) is 61.5 Å². The minimum absolute atomic E-state index is 0.116. The molecule has 1 heterocycles. The Kier molecular flexibility index (Phi) is 6.78. The Bertz CT molecular complexity index is 1140. The second-order valence-corrected chi connectivity index (χ2v) is 7.96. The minimum atomic E-state index is -0.116. The van der Waals surface area contributed by atoms with Crippen LogP contribution >= 0.6 is 11.6 Å². The number of fused-ring (bicyclic) bond motifs is 1. The summed E-state index contributed by atoms with van der Waals surface area (Å²) in [6, 6.07) is 23.9. The molecule has 31 heavy (non-hydrogen) atoms. The number of hydrogen-bond acceptors (Lipinski definition) is 3. The molecule has 0 saturated carbocycles. The van der Waals surface area contributed by atoms with Gasteiger partial charge in [-0.25, -0.2) is 4.98 Å². The van der Waals surface area contributed by atoms with Crippen molar-refractivity contribution in [1.82, 2.24) is 9.55 Å². The number of rotatable bonds is 9. The molecular weight excluding hydrogens is 408 g/mol. The number of aryl methyl sites for hydroxylation is 2. The summed E-state index contributed by atoms with van der Waals surface area (Å²) in [4.78, 5) is 4.92. The maximum atomic E-state index is 6.29. The van der Waals surface area contributed by atoms with Crippen LogP contribution in [0.15, 0.2) is 72.8 Å². The average Bonchev–Trinajstić information content (AvgIpc) is 3.16. The van der Waals surface area contributed by atoms with E-state index in [-0.39, 0.29) is 6.10 Å². The van der Waals surface area contributed by atoms with Crippen molar-refractivity contribution in [3.8, 4) is 11.5 Å². The molecule has 0 bridgehead atoms. The van der Waals surface area contributed by atoms with E-state index in [1.54, 1.807) is 0 Å². The highest BCUT2D eigenvalue weighted by atomic mass is 35.5. The first-order valence-corrected chi connectivity index (χ1v) is 11.1. The van der Waals surface area contributed by atoms with E-state index in [4.69, 9.17) is 26.1 Å². The van der Waals surface area contributed by atoms with Gasteiger partial charge in [0.15, 0.2) is 11.9 Å². The van der Waals surface area contributed by atoms with Gasteiger partial charge in [-0.3, -0.25) is 0 Å². The van der Waals surface area contributed by atoms with E-state index in [0.29, 0.717) is 6.61 Å². The van der Waals surface area contributed by atoms with Crippen LogP contribution in [0, 0.1) is 6.92 Å². The Morgan fingerprint density at radius 2 is 1.74 bits per heavy atom. The zero-order valence-electron chi connectivity index (χ0n) is 17.9. The Balaban J connectivity index is 1.51. The number of imidazole rings is 1. The molecule has 4 aromatic rings. The van der Waals surface area contributed by atoms with Crippen molar-refractivity contribution in [3.05, 3.63) is 89.2 Å². The van der Waals surface area contributed by atoms with E-state index in [1.165, 1.54) is 0 Å². The SMILES string of the molecule is CCC(Oc1ccccc1)c1nc2ccccc2n1CCCOc1ccc(Cl)c(C)c1. The van der Waals surface area contributed by atoms with Gasteiger partial charge < -0.3 is 14.0 Å². The second-order valence-electron chi connectivity index (χ2n) is 7.55. The number of para-hydroxylation sites is 3. The summed E-state index contributed by atoms with van der Waals surface area (Å²) in [5.74, 6) is 2.65. The first kappa shape index (κ1) is 21.3. The van der Waals surface area contributed by atoms with Crippen molar-refractivity contribution in [1.29, 1.82) is 0 Å². The van der Waals surface area contributed by atoms with Crippen LogP contribution < -0.4 is 9.47 Å². The van der Waals surface area contributed by atoms with Crippen molar-refractivity contribution in [2.75, 3.05) is 6.61 Å². The molecule has 0 aliphatic carbocycles. The van der Waals surface area contributed by atoms with Crippen LogP contribution in [-0.2, 0) is 6.54 Å². The molecule has 3 aromatic carbocycles. The smallest absolute Gasteiger partial charge is 0.156 e. The maximum absolute atomic E-state index is 6.29. The molecular formula is C26H27ClN2O2. The average molecular weight is 435 g/mol. The van der Waals surface area contributed by atoms with Crippen LogP contribution in [0.2, 0.25) is 5.02 Å². The lowest BCUT2D eigenvalue weighted by Crippen LogP contribution is -2.15. The lowest BCUT2D eigenvalue weighted by atomic mass is 10.2. The zero-order chi connectivity index (χ0) is 21.6. The van der Waals surface area contributed by atoms with Gasteiger partial charge >= 0.3 is 0 Å². The van der Waals surface area contributed by atoms with Crippen LogP contribution in [0.25, 0.3) is 11.0 Å². The molecule has 160 valence electrons. The van der Waals surface area contributed by atoms with Crippen molar-refractivity contribution >= 4 is 22.6 Å². The number of nitrogens with zero attached hydrogens (tertiary/aromatic N) is 2. The molecule has 0 saturated heterocycles. The van der Waals surface area contributed by atoms with E-state index < -0.39 is 0 Å². The fourth-order valence-electron chi connectivity index (χ4n) is 3.68. The van der Waals surface area contributed by atoms with Gasteiger partial charge in [-0.2, -0.15) is 0 Å². The molecule has 0 N–H and O–H groups in total. The third kappa shape index (κ3) is 5.02. The fraction of sp³-hybridized carbons (Fsp3) is 0.269. The summed E-state index contributed by atoms with van der Waals surface area (Å²) >= 11 is 6.11. The molecule has 0 amide bonds. The molecule has 0 aliphatic heterocycles. The largest absolute Gasteiger partial charge is 0.494 e. The van der Waals surface area contributed by atoms with Crippen LogP contribution in [0.3, 0.4) is 0 Å². The highest BCUT2D eigenvalue weighted by Gasteiger charge is 2.20. The Labute approximate surface area is 188 Å². The highest BCUT2D eigenvalue weighted by molar-refractivity contribution is 6.31. The molecule has 0 fully saturated rings. The van der Waals surface area contributed by atoms with Crippen LogP contribution in [0.1, 0.15) is 37.3 Å². The number of ether oxygens (including phenoxy) is 2. The predicted octanol–water partition coefficient (Wildman–Crippen LogP) is 7.00. The zero-order valence-corrected chi connectivity index (χ0v) is 18.7. The first-order chi connectivity index (χ1) is 15.2. The van der Waals surface area contributed by atoms with Crippen LogP contribution in [0.4, 0.5) is 0 Å². The summed E-state index contributed by atoms with van der Waals surface area (Å²) in [6.07, 6.45) is 1.57. The van der Waals surface area contributed by atoms with Crippen LogP contribution in [-0.4, -0.2) is 16.2 Å². The normalized spacial score (nSPS) is 12.1. The number of benzene rings is 3. The monoisotopic (exact) mass is 434 g/mol. The van der Waals surface area contributed by atoms with E-state index >= 15 is 0 Å². The molecule has 1 atom stereocenters. The molecule has 4 nitrogen and oxygen atoms in total. The Morgan fingerprint density at radius 3 is 2.52 bits per heavy atom. The third-order valence-electron chi connectivity index (χ3n) is 5.29. The molecule has 1 unspecified atom stereocenters. The molecule has 1 aromatic heterocycles. The molecule has 5 heteroatoms. The van der Waals surface area contributed by atoms with Gasteiger partial charge in [0.25, 0.3) is 0 Å². The predicted molar refractivity (Wildman–Crippen MR) is 126 cm³/mol. The second kappa shape index (κ2) is 9.88. The van der Waals surface area contributed by atoms with Gasteiger partial charge in [-0.15, -0.1) is 0 Å². The first-order valence-electron chi connectivity index (χ1n) is 10.7. The Hall–Kier alpha value is -2.98. The van der Waals surface area contributed by atoms with E-state index in [2.05, 4.69) is 29.7 Å². The molecule has 0 radical (unpaired) electrons. The summed E-state index contributed by atoms with van der Waals surface area (Å²) in [6.45, 7) is 5.53. The maximum Gasteiger partial charge on any atom is 0.156 e. The fourth-order valence-corrected chi connectivity index (χ4v) is 3.79. The third-order valence-corrected chi connectivity index (χ3v) is 5.71.